The molecule has 0 spiro atoms. The highest BCUT2D eigenvalue weighted by Gasteiger charge is 1.90. The summed E-state index contributed by atoms with van der Waals surface area (Å²) in [5, 5.41) is 11.5. The number of halogens is 1. The molecule has 11 heavy (non-hydrogen) atoms. The molecule has 0 aliphatic heterocycles. The van der Waals surface area contributed by atoms with Crippen molar-refractivity contribution in [1.82, 2.24) is 5.32 Å². The van der Waals surface area contributed by atoms with E-state index in [0.29, 0.717) is 19.3 Å². The summed E-state index contributed by atoms with van der Waals surface area (Å²) in [7, 11) is 0. The molecule has 0 aliphatic carbocycles. The minimum absolute atomic E-state index is 0. The van der Waals surface area contributed by atoms with E-state index in [1.165, 1.54) is 0 Å². The molecule has 0 saturated heterocycles. The van der Waals surface area contributed by atoms with Crippen molar-refractivity contribution in [3.63, 3.8) is 0 Å². The van der Waals surface area contributed by atoms with Gasteiger partial charge in [0, 0.05) is 12.6 Å². The molecule has 0 aromatic heterocycles. The molecule has 0 bridgehead atoms. The summed E-state index contributed by atoms with van der Waals surface area (Å²) in [4.78, 5) is 0. The van der Waals surface area contributed by atoms with E-state index >= 15 is 0 Å². The van der Waals surface area contributed by atoms with Crippen molar-refractivity contribution in [2.45, 2.75) is 19.9 Å². The van der Waals surface area contributed by atoms with Crippen molar-refractivity contribution in [3.05, 3.63) is 0 Å². The molecule has 4 heteroatoms. The maximum Gasteiger partial charge on any atom is 0.0698 e. The van der Waals surface area contributed by atoms with E-state index in [4.69, 9.17) is 9.84 Å². The lowest BCUT2D eigenvalue weighted by molar-refractivity contribution is 0.0931. The van der Waals surface area contributed by atoms with Gasteiger partial charge in [0.15, 0.2) is 0 Å². The van der Waals surface area contributed by atoms with E-state index in [-0.39, 0.29) is 19.0 Å². The topological polar surface area (TPSA) is 41.5 Å². The van der Waals surface area contributed by atoms with Crippen LogP contribution in [0.5, 0.6) is 0 Å². The van der Waals surface area contributed by atoms with E-state index in [0.717, 1.165) is 6.54 Å². The standard InChI is InChI=1S/C7H17NO2.ClH/c1-7(2)8-3-5-10-6-4-9;/h7-9H,3-6H2,1-2H3;1H. The zero-order valence-electron chi connectivity index (χ0n) is 7.17. The smallest absolute Gasteiger partial charge is 0.0698 e. The first-order chi connectivity index (χ1) is 4.77. The lowest BCUT2D eigenvalue weighted by Gasteiger charge is -2.07. The molecule has 0 saturated carbocycles. The monoisotopic (exact) mass is 183 g/mol. The van der Waals surface area contributed by atoms with Crippen LogP contribution in [0.3, 0.4) is 0 Å². The van der Waals surface area contributed by atoms with Gasteiger partial charge in [-0.05, 0) is 0 Å². The van der Waals surface area contributed by atoms with Crippen molar-refractivity contribution in [2.24, 2.45) is 0 Å². The number of ether oxygens (including phenoxy) is 1. The molecule has 2 N–H and O–H groups in total. The first-order valence-electron chi connectivity index (χ1n) is 3.69. The number of aliphatic hydroxyl groups excluding tert-OH is 1. The van der Waals surface area contributed by atoms with Gasteiger partial charge in [-0.1, -0.05) is 13.8 Å². The molecular formula is C7H18ClNO2. The molecule has 0 unspecified atom stereocenters. The number of hydrogen-bond donors (Lipinski definition) is 2. The quantitative estimate of drug-likeness (QED) is 0.587. The largest absolute Gasteiger partial charge is 0.394 e. The van der Waals surface area contributed by atoms with Gasteiger partial charge in [0.25, 0.3) is 0 Å². The number of nitrogens with one attached hydrogen (secondary N) is 1. The molecule has 0 rings (SSSR count). The Hall–Kier alpha value is 0.170. The van der Waals surface area contributed by atoms with Crippen LogP contribution in [0.25, 0.3) is 0 Å². The highest BCUT2D eigenvalue weighted by atomic mass is 35.5. The Morgan fingerprint density at radius 1 is 1.36 bits per heavy atom. The summed E-state index contributed by atoms with van der Waals surface area (Å²) in [6, 6.07) is 0.512. The van der Waals surface area contributed by atoms with Gasteiger partial charge in [-0.2, -0.15) is 0 Å². The molecule has 0 fully saturated rings. The molecule has 0 amide bonds. The predicted octanol–water partition coefficient (Wildman–Crippen LogP) is 0.415. The van der Waals surface area contributed by atoms with Gasteiger partial charge < -0.3 is 15.2 Å². The third-order valence-corrected chi connectivity index (χ3v) is 1.03. The van der Waals surface area contributed by atoms with Gasteiger partial charge in [0.05, 0.1) is 19.8 Å². The van der Waals surface area contributed by atoms with Crippen LogP contribution in [0.15, 0.2) is 0 Å². The summed E-state index contributed by atoms with van der Waals surface area (Å²) in [6.07, 6.45) is 0. The zero-order chi connectivity index (χ0) is 7.82. The van der Waals surface area contributed by atoms with Crippen molar-refractivity contribution in [3.8, 4) is 0 Å². The second-order valence-electron chi connectivity index (χ2n) is 2.44. The summed E-state index contributed by atoms with van der Waals surface area (Å²) in [5.41, 5.74) is 0. The minimum atomic E-state index is 0. The summed E-state index contributed by atoms with van der Waals surface area (Å²) < 4.78 is 5.02. The van der Waals surface area contributed by atoms with Gasteiger partial charge >= 0.3 is 0 Å². The van der Waals surface area contributed by atoms with Crippen LogP contribution < -0.4 is 5.32 Å². The SMILES string of the molecule is CC(C)NCCOCCO.Cl. The van der Waals surface area contributed by atoms with E-state index in [1.54, 1.807) is 0 Å². The number of aliphatic hydroxyl groups is 1. The minimum Gasteiger partial charge on any atom is -0.394 e. The second kappa shape index (κ2) is 10.2. The molecule has 0 heterocycles. The molecule has 0 aliphatic rings. The number of hydrogen-bond acceptors (Lipinski definition) is 3. The summed E-state index contributed by atoms with van der Waals surface area (Å²) in [6.45, 7) is 6.27. The Balaban J connectivity index is 0. The first kappa shape index (κ1) is 13.7. The van der Waals surface area contributed by atoms with E-state index in [9.17, 15) is 0 Å². The lowest BCUT2D eigenvalue weighted by Crippen LogP contribution is -2.26. The summed E-state index contributed by atoms with van der Waals surface area (Å²) >= 11 is 0. The molecule has 0 aromatic carbocycles. The third-order valence-electron chi connectivity index (χ3n) is 1.03. The third kappa shape index (κ3) is 13.2. The summed E-state index contributed by atoms with van der Waals surface area (Å²) in [5.74, 6) is 0. The average Bonchev–Trinajstić information content (AvgIpc) is 1.87. The van der Waals surface area contributed by atoms with Crippen LogP contribution in [-0.4, -0.2) is 37.5 Å². The maximum absolute atomic E-state index is 8.33. The first-order valence-corrected chi connectivity index (χ1v) is 3.69. The van der Waals surface area contributed by atoms with Gasteiger partial charge in [-0.25, -0.2) is 0 Å². The van der Waals surface area contributed by atoms with E-state index in [1.807, 2.05) is 0 Å². The fourth-order valence-electron chi connectivity index (χ4n) is 0.586. The van der Waals surface area contributed by atoms with Crippen molar-refractivity contribution >= 4 is 12.4 Å². The van der Waals surface area contributed by atoms with Gasteiger partial charge in [-0.3, -0.25) is 0 Å². The second-order valence-corrected chi connectivity index (χ2v) is 2.44. The van der Waals surface area contributed by atoms with E-state index in [2.05, 4.69) is 19.2 Å². The highest BCUT2D eigenvalue weighted by molar-refractivity contribution is 5.85. The van der Waals surface area contributed by atoms with Crippen LogP contribution in [0.4, 0.5) is 0 Å². The van der Waals surface area contributed by atoms with Crippen molar-refractivity contribution in [1.29, 1.82) is 0 Å². The fourth-order valence-corrected chi connectivity index (χ4v) is 0.586. The van der Waals surface area contributed by atoms with Gasteiger partial charge in [0.2, 0.25) is 0 Å². The fraction of sp³-hybridized carbons (Fsp3) is 1.00. The Kier molecular flexibility index (Phi) is 12.7. The van der Waals surface area contributed by atoms with Crippen molar-refractivity contribution < 1.29 is 9.84 Å². The maximum atomic E-state index is 8.33. The normalized spacial score (nSPS) is 9.82. The zero-order valence-corrected chi connectivity index (χ0v) is 7.99. The lowest BCUT2D eigenvalue weighted by atomic mass is 10.4. The van der Waals surface area contributed by atoms with Crippen LogP contribution in [0.1, 0.15) is 13.8 Å². The molecule has 3 nitrogen and oxygen atoms in total. The predicted molar refractivity (Wildman–Crippen MR) is 48.3 cm³/mol. The molecule has 70 valence electrons. The van der Waals surface area contributed by atoms with E-state index < -0.39 is 0 Å². The molecule has 0 aromatic rings. The Morgan fingerprint density at radius 2 is 2.00 bits per heavy atom. The van der Waals surface area contributed by atoms with Gasteiger partial charge in [-0.15, -0.1) is 12.4 Å². The van der Waals surface area contributed by atoms with Crippen LogP contribution in [-0.2, 0) is 4.74 Å². The number of rotatable bonds is 6. The highest BCUT2D eigenvalue weighted by Crippen LogP contribution is 1.76. The Labute approximate surface area is 74.5 Å². The van der Waals surface area contributed by atoms with Crippen LogP contribution >= 0.6 is 12.4 Å². The average molecular weight is 184 g/mol. The molecule has 0 atom stereocenters. The van der Waals surface area contributed by atoms with Crippen LogP contribution in [0, 0.1) is 0 Å². The van der Waals surface area contributed by atoms with Gasteiger partial charge in [0.1, 0.15) is 0 Å². The van der Waals surface area contributed by atoms with Crippen molar-refractivity contribution in [2.75, 3.05) is 26.4 Å². The Bertz CT molecular complexity index is 71.5. The molecule has 0 radical (unpaired) electrons. The molecular weight excluding hydrogens is 166 g/mol. The van der Waals surface area contributed by atoms with Crippen LogP contribution in [0.2, 0.25) is 0 Å². The Morgan fingerprint density at radius 3 is 2.45 bits per heavy atom.